The van der Waals surface area contributed by atoms with Crippen molar-refractivity contribution in [2.24, 2.45) is 0 Å². The van der Waals surface area contributed by atoms with Crippen molar-refractivity contribution in [2.45, 2.75) is 20.3 Å². The monoisotopic (exact) mass is 214 g/mol. The van der Waals surface area contributed by atoms with Crippen LogP contribution >= 0.6 is 7.60 Å². The molecule has 0 bridgehead atoms. The summed E-state index contributed by atoms with van der Waals surface area (Å²) < 4.78 is 16.5. The van der Waals surface area contributed by atoms with Gasteiger partial charge in [0.05, 0.1) is 11.9 Å². The molecule has 0 heterocycles. The van der Waals surface area contributed by atoms with E-state index in [1.54, 1.807) is 24.3 Å². The number of hydrogen-bond donors (Lipinski definition) is 1. The standard InChI is InChI=1S/C10H15O3P/c1-3-8-13-14(11,12)10-6-4-9(2)5-7-10/h4-7H,3,8H2,1-2H3,(H,11,12). The summed E-state index contributed by atoms with van der Waals surface area (Å²) in [7, 11) is -3.58. The first-order chi connectivity index (χ1) is 6.56. The Labute approximate surface area is 84.3 Å². The predicted molar refractivity (Wildman–Crippen MR) is 56.9 cm³/mol. The van der Waals surface area contributed by atoms with Gasteiger partial charge in [-0.05, 0) is 25.5 Å². The zero-order valence-corrected chi connectivity index (χ0v) is 9.33. The van der Waals surface area contributed by atoms with Crippen molar-refractivity contribution >= 4 is 12.9 Å². The van der Waals surface area contributed by atoms with Crippen molar-refractivity contribution in [1.82, 2.24) is 0 Å². The lowest BCUT2D eigenvalue weighted by Crippen LogP contribution is -2.07. The van der Waals surface area contributed by atoms with Crippen LogP contribution in [0.4, 0.5) is 0 Å². The smallest absolute Gasteiger partial charge is 0.321 e. The molecule has 0 aliphatic carbocycles. The van der Waals surface area contributed by atoms with Gasteiger partial charge in [-0.25, -0.2) is 0 Å². The summed E-state index contributed by atoms with van der Waals surface area (Å²) in [5.74, 6) is 0. The van der Waals surface area contributed by atoms with Crippen LogP contribution in [-0.4, -0.2) is 11.5 Å². The van der Waals surface area contributed by atoms with E-state index in [0.29, 0.717) is 11.9 Å². The predicted octanol–water partition coefficient (Wildman–Crippen LogP) is 2.23. The summed E-state index contributed by atoms with van der Waals surface area (Å²) in [5.41, 5.74) is 1.06. The van der Waals surface area contributed by atoms with E-state index in [-0.39, 0.29) is 0 Å². The molecule has 0 amide bonds. The van der Waals surface area contributed by atoms with Crippen LogP contribution in [-0.2, 0) is 9.09 Å². The van der Waals surface area contributed by atoms with E-state index in [0.717, 1.165) is 12.0 Å². The lowest BCUT2D eigenvalue weighted by molar-refractivity contribution is 0.269. The van der Waals surface area contributed by atoms with Gasteiger partial charge in [0.15, 0.2) is 0 Å². The molecule has 0 saturated carbocycles. The number of rotatable bonds is 4. The molecule has 78 valence electrons. The van der Waals surface area contributed by atoms with Gasteiger partial charge >= 0.3 is 7.60 Å². The van der Waals surface area contributed by atoms with E-state index in [1.165, 1.54) is 0 Å². The summed E-state index contributed by atoms with van der Waals surface area (Å²) in [6, 6.07) is 6.86. The molecule has 1 aromatic carbocycles. The van der Waals surface area contributed by atoms with Crippen molar-refractivity contribution in [1.29, 1.82) is 0 Å². The van der Waals surface area contributed by atoms with Gasteiger partial charge in [0.2, 0.25) is 0 Å². The second-order valence-electron chi connectivity index (χ2n) is 3.19. The maximum absolute atomic E-state index is 11.6. The zero-order valence-electron chi connectivity index (χ0n) is 8.43. The van der Waals surface area contributed by atoms with Crippen LogP contribution in [0, 0.1) is 6.92 Å². The Morgan fingerprint density at radius 1 is 1.36 bits per heavy atom. The van der Waals surface area contributed by atoms with Gasteiger partial charge in [0, 0.05) is 0 Å². The molecule has 0 fully saturated rings. The molecule has 1 atom stereocenters. The fourth-order valence-electron chi connectivity index (χ4n) is 1.02. The van der Waals surface area contributed by atoms with Crippen molar-refractivity contribution in [3.63, 3.8) is 0 Å². The number of benzene rings is 1. The van der Waals surface area contributed by atoms with Crippen LogP contribution in [0.25, 0.3) is 0 Å². The first-order valence-electron chi connectivity index (χ1n) is 4.61. The molecule has 0 radical (unpaired) electrons. The third kappa shape index (κ3) is 2.95. The Kier molecular flexibility index (Phi) is 3.87. The molecule has 1 N–H and O–H groups in total. The fraction of sp³-hybridized carbons (Fsp3) is 0.400. The summed E-state index contributed by atoms with van der Waals surface area (Å²) >= 11 is 0. The van der Waals surface area contributed by atoms with Gasteiger partial charge in [-0.2, -0.15) is 0 Å². The van der Waals surface area contributed by atoms with Crippen molar-refractivity contribution in [2.75, 3.05) is 6.61 Å². The van der Waals surface area contributed by atoms with Crippen LogP contribution in [0.5, 0.6) is 0 Å². The zero-order chi connectivity index (χ0) is 10.6. The van der Waals surface area contributed by atoms with Crippen molar-refractivity contribution in [3.05, 3.63) is 29.8 Å². The minimum atomic E-state index is -3.58. The lowest BCUT2D eigenvalue weighted by Gasteiger charge is -2.11. The Hall–Kier alpha value is -0.630. The highest BCUT2D eigenvalue weighted by Gasteiger charge is 2.21. The van der Waals surface area contributed by atoms with Crippen LogP contribution < -0.4 is 5.30 Å². The van der Waals surface area contributed by atoms with E-state index < -0.39 is 7.60 Å². The molecule has 0 saturated heterocycles. The molecule has 0 aliphatic rings. The van der Waals surface area contributed by atoms with Gasteiger partial charge in [0.25, 0.3) is 0 Å². The molecule has 0 aromatic heterocycles. The topological polar surface area (TPSA) is 46.5 Å². The quantitative estimate of drug-likeness (QED) is 0.782. The van der Waals surface area contributed by atoms with Gasteiger partial charge in [-0.1, -0.05) is 24.6 Å². The highest BCUT2D eigenvalue weighted by molar-refractivity contribution is 7.61. The molecule has 14 heavy (non-hydrogen) atoms. The highest BCUT2D eigenvalue weighted by Crippen LogP contribution is 2.40. The first kappa shape index (κ1) is 11.4. The molecule has 0 spiro atoms. The average molecular weight is 214 g/mol. The molecule has 1 rings (SSSR count). The molecule has 4 heteroatoms. The van der Waals surface area contributed by atoms with E-state index in [9.17, 15) is 9.46 Å². The van der Waals surface area contributed by atoms with Gasteiger partial charge < -0.3 is 9.42 Å². The normalized spacial score (nSPS) is 15.1. The van der Waals surface area contributed by atoms with E-state index in [4.69, 9.17) is 4.52 Å². The minimum Gasteiger partial charge on any atom is -0.321 e. The third-order valence-corrected chi connectivity index (χ3v) is 3.31. The molecule has 1 aromatic rings. The second-order valence-corrected chi connectivity index (χ2v) is 5.00. The fourth-order valence-corrected chi connectivity index (χ4v) is 2.13. The van der Waals surface area contributed by atoms with Crippen LogP contribution in [0.2, 0.25) is 0 Å². The molecule has 0 aliphatic heterocycles. The lowest BCUT2D eigenvalue weighted by atomic mass is 10.2. The number of aryl methyl sites for hydroxylation is 1. The van der Waals surface area contributed by atoms with Crippen molar-refractivity contribution in [3.8, 4) is 0 Å². The second kappa shape index (κ2) is 4.74. The van der Waals surface area contributed by atoms with E-state index in [2.05, 4.69) is 0 Å². The highest BCUT2D eigenvalue weighted by atomic mass is 31.2. The first-order valence-corrected chi connectivity index (χ1v) is 6.18. The van der Waals surface area contributed by atoms with E-state index >= 15 is 0 Å². The Morgan fingerprint density at radius 2 is 1.93 bits per heavy atom. The SMILES string of the molecule is CCCOP(=O)(O)c1ccc(C)cc1. The minimum absolute atomic E-state index is 0.307. The van der Waals surface area contributed by atoms with Gasteiger partial charge in [0.1, 0.15) is 0 Å². The Morgan fingerprint density at radius 3 is 2.43 bits per heavy atom. The van der Waals surface area contributed by atoms with Gasteiger partial charge in [-0.3, -0.25) is 4.57 Å². The van der Waals surface area contributed by atoms with Crippen LogP contribution in [0.1, 0.15) is 18.9 Å². The number of hydrogen-bond acceptors (Lipinski definition) is 2. The van der Waals surface area contributed by atoms with E-state index in [1.807, 2.05) is 13.8 Å². The average Bonchev–Trinajstić information content (AvgIpc) is 2.16. The Balaban J connectivity index is 2.81. The summed E-state index contributed by atoms with van der Waals surface area (Å²) in [5, 5.41) is 0.358. The summed E-state index contributed by atoms with van der Waals surface area (Å²) in [4.78, 5) is 9.54. The summed E-state index contributed by atoms with van der Waals surface area (Å²) in [6.07, 6.45) is 0.733. The third-order valence-electron chi connectivity index (χ3n) is 1.83. The maximum Gasteiger partial charge on any atom is 0.358 e. The summed E-state index contributed by atoms with van der Waals surface area (Å²) in [6.45, 7) is 4.13. The molecular formula is C10H15O3P. The molecule has 1 unspecified atom stereocenters. The molecule has 3 nitrogen and oxygen atoms in total. The largest absolute Gasteiger partial charge is 0.358 e. The van der Waals surface area contributed by atoms with Crippen molar-refractivity contribution < 1.29 is 14.0 Å². The van der Waals surface area contributed by atoms with Crippen LogP contribution in [0.15, 0.2) is 24.3 Å². The molecular weight excluding hydrogens is 199 g/mol. The van der Waals surface area contributed by atoms with Crippen LogP contribution in [0.3, 0.4) is 0 Å². The maximum atomic E-state index is 11.6. The Bertz CT molecular complexity index is 332. The van der Waals surface area contributed by atoms with Gasteiger partial charge in [-0.15, -0.1) is 0 Å².